The van der Waals surface area contributed by atoms with Gasteiger partial charge in [0, 0.05) is 7.05 Å². The molecule has 0 aliphatic heterocycles. The first-order valence-electron chi connectivity index (χ1n) is 6.58. The highest BCUT2D eigenvalue weighted by Crippen LogP contribution is 2.28. The van der Waals surface area contributed by atoms with Crippen LogP contribution < -0.4 is 10.1 Å². The van der Waals surface area contributed by atoms with Crippen LogP contribution in [0, 0.1) is 5.82 Å². The van der Waals surface area contributed by atoms with E-state index in [0.29, 0.717) is 5.75 Å². The van der Waals surface area contributed by atoms with Crippen LogP contribution in [0.3, 0.4) is 0 Å². The lowest BCUT2D eigenvalue weighted by Crippen LogP contribution is -2.26. The van der Waals surface area contributed by atoms with Crippen molar-refractivity contribution in [1.29, 1.82) is 0 Å². The van der Waals surface area contributed by atoms with Gasteiger partial charge in [-0.15, -0.1) is 0 Å². The quantitative estimate of drug-likeness (QED) is 0.878. The molecule has 5 nitrogen and oxygen atoms in total. The molecule has 1 unspecified atom stereocenters. The first-order valence-corrected chi connectivity index (χ1v) is 6.58. The number of nitrogens with zero attached hydrogens (tertiary/aromatic N) is 3. The predicted octanol–water partition coefficient (Wildman–Crippen LogP) is 2.05. The Bertz CT molecular complexity index is 553. The van der Waals surface area contributed by atoms with Crippen LogP contribution in [0.4, 0.5) is 4.39 Å². The van der Waals surface area contributed by atoms with Crippen molar-refractivity contribution >= 4 is 0 Å². The maximum absolute atomic E-state index is 13.0. The molecule has 0 amide bonds. The Morgan fingerprint density at radius 1 is 1.40 bits per heavy atom. The van der Waals surface area contributed by atoms with Crippen LogP contribution in [0.2, 0.25) is 0 Å². The van der Waals surface area contributed by atoms with Gasteiger partial charge in [0.05, 0.1) is 31.2 Å². The lowest BCUT2D eigenvalue weighted by molar-refractivity contribution is 0.399. The number of nitrogens with one attached hydrogen (secondary N) is 1. The molecular weight excluding hydrogens is 259 g/mol. The van der Waals surface area contributed by atoms with Crippen LogP contribution >= 0.6 is 0 Å². The molecule has 2 aromatic rings. The minimum Gasteiger partial charge on any atom is -0.493 e. The summed E-state index contributed by atoms with van der Waals surface area (Å²) in [7, 11) is 3.46. The van der Waals surface area contributed by atoms with Crippen molar-refractivity contribution in [2.24, 2.45) is 7.05 Å². The van der Waals surface area contributed by atoms with E-state index in [1.807, 2.05) is 7.05 Å². The van der Waals surface area contributed by atoms with Crippen molar-refractivity contribution < 1.29 is 9.13 Å². The molecule has 0 aromatic carbocycles. The molecule has 2 rings (SSSR count). The maximum atomic E-state index is 13.0. The second-order valence-electron chi connectivity index (χ2n) is 4.51. The second kappa shape index (κ2) is 6.47. The lowest BCUT2D eigenvalue weighted by atomic mass is 10.1. The van der Waals surface area contributed by atoms with Gasteiger partial charge in [-0.05, 0) is 25.1 Å². The first kappa shape index (κ1) is 14.5. The van der Waals surface area contributed by atoms with E-state index in [4.69, 9.17) is 4.74 Å². The van der Waals surface area contributed by atoms with Crippen molar-refractivity contribution in [2.45, 2.75) is 19.4 Å². The molecule has 0 aliphatic carbocycles. The molecule has 0 spiro atoms. The Balaban J connectivity index is 2.41. The van der Waals surface area contributed by atoms with E-state index >= 15 is 0 Å². The van der Waals surface area contributed by atoms with Crippen LogP contribution in [0.5, 0.6) is 5.75 Å². The molecule has 0 radical (unpaired) electrons. The fourth-order valence-corrected chi connectivity index (χ4v) is 2.10. The Labute approximate surface area is 117 Å². The third-order valence-electron chi connectivity index (χ3n) is 3.09. The highest BCUT2D eigenvalue weighted by atomic mass is 19.1. The number of rotatable bonds is 6. The zero-order chi connectivity index (χ0) is 14.5. The van der Waals surface area contributed by atoms with E-state index < -0.39 is 0 Å². The fraction of sp³-hybridized carbons (Fsp3) is 0.429. The van der Waals surface area contributed by atoms with Crippen LogP contribution in [0.1, 0.15) is 30.8 Å². The molecule has 20 heavy (non-hydrogen) atoms. The Morgan fingerprint density at radius 3 is 2.80 bits per heavy atom. The molecule has 0 aliphatic rings. The number of halogens is 1. The highest BCUT2D eigenvalue weighted by molar-refractivity contribution is 5.33. The van der Waals surface area contributed by atoms with Gasteiger partial charge in [-0.2, -0.15) is 5.10 Å². The Morgan fingerprint density at radius 2 is 2.20 bits per heavy atom. The number of aryl methyl sites for hydroxylation is 1. The van der Waals surface area contributed by atoms with Gasteiger partial charge in [0.25, 0.3) is 0 Å². The summed E-state index contributed by atoms with van der Waals surface area (Å²) in [6.45, 7) is 2.90. The summed E-state index contributed by atoms with van der Waals surface area (Å²) in [6, 6.07) is 2.90. The molecule has 1 N–H and O–H groups in total. The van der Waals surface area contributed by atoms with Gasteiger partial charge in [-0.3, -0.25) is 9.67 Å². The third kappa shape index (κ3) is 2.96. The topological polar surface area (TPSA) is 52.0 Å². The average Bonchev–Trinajstić information content (AvgIpc) is 2.82. The summed E-state index contributed by atoms with van der Waals surface area (Å²) >= 11 is 0. The molecule has 0 fully saturated rings. The normalized spacial score (nSPS) is 12.4. The van der Waals surface area contributed by atoms with Crippen LogP contribution in [-0.4, -0.2) is 28.4 Å². The smallest absolute Gasteiger partial charge is 0.161 e. The van der Waals surface area contributed by atoms with Gasteiger partial charge in [-0.1, -0.05) is 6.92 Å². The van der Waals surface area contributed by atoms with Gasteiger partial charge < -0.3 is 10.1 Å². The standard InChI is InChI=1S/C14H19FN4O/c1-4-7-16-13(11-6-5-10(15)8-17-11)14-12(20-3)9-18-19(14)2/h5-6,8-9,13,16H,4,7H2,1-3H3. The SMILES string of the molecule is CCCNC(c1ccc(F)cn1)c1c(OC)cnn1C. The van der Waals surface area contributed by atoms with Gasteiger partial charge in [0.2, 0.25) is 0 Å². The summed E-state index contributed by atoms with van der Waals surface area (Å²) in [6.07, 6.45) is 3.87. The Kier molecular flexibility index (Phi) is 4.68. The van der Waals surface area contributed by atoms with Gasteiger partial charge in [-0.25, -0.2) is 4.39 Å². The molecule has 2 heterocycles. The monoisotopic (exact) mass is 278 g/mol. The number of ether oxygens (including phenoxy) is 1. The van der Waals surface area contributed by atoms with Crippen LogP contribution in [0.15, 0.2) is 24.5 Å². The van der Waals surface area contributed by atoms with Gasteiger partial charge in [0.1, 0.15) is 11.5 Å². The largest absolute Gasteiger partial charge is 0.493 e. The fourth-order valence-electron chi connectivity index (χ4n) is 2.10. The number of aromatic nitrogens is 3. The molecule has 6 heteroatoms. The minimum atomic E-state index is -0.347. The summed E-state index contributed by atoms with van der Waals surface area (Å²) in [4.78, 5) is 4.17. The highest BCUT2D eigenvalue weighted by Gasteiger charge is 2.23. The van der Waals surface area contributed by atoms with Crippen molar-refractivity contribution in [2.75, 3.05) is 13.7 Å². The van der Waals surface area contributed by atoms with Crippen LogP contribution in [0.25, 0.3) is 0 Å². The lowest BCUT2D eigenvalue weighted by Gasteiger charge is -2.19. The summed E-state index contributed by atoms with van der Waals surface area (Å²) in [5.41, 5.74) is 1.61. The first-order chi connectivity index (χ1) is 9.67. The second-order valence-corrected chi connectivity index (χ2v) is 4.51. The van der Waals surface area contributed by atoms with Gasteiger partial charge >= 0.3 is 0 Å². The molecule has 0 bridgehead atoms. The zero-order valence-corrected chi connectivity index (χ0v) is 11.9. The number of hydrogen-bond donors (Lipinski definition) is 1. The third-order valence-corrected chi connectivity index (χ3v) is 3.09. The number of pyridine rings is 1. The molecule has 1 atom stereocenters. The van der Waals surface area contributed by atoms with Crippen molar-refractivity contribution in [3.05, 3.63) is 41.7 Å². The van der Waals surface area contributed by atoms with Gasteiger partial charge in [0.15, 0.2) is 5.75 Å². The molecule has 0 saturated carbocycles. The average molecular weight is 278 g/mol. The number of methoxy groups -OCH3 is 1. The number of hydrogen-bond acceptors (Lipinski definition) is 4. The predicted molar refractivity (Wildman–Crippen MR) is 74.1 cm³/mol. The summed E-state index contributed by atoms with van der Waals surface area (Å²) < 4.78 is 20.1. The van der Waals surface area contributed by atoms with Crippen molar-refractivity contribution in [3.8, 4) is 5.75 Å². The minimum absolute atomic E-state index is 0.182. The molecule has 108 valence electrons. The summed E-state index contributed by atoms with van der Waals surface area (Å²) in [5.74, 6) is 0.340. The van der Waals surface area contributed by atoms with E-state index in [-0.39, 0.29) is 11.9 Å². The molecule has 2 aromatic heterocycles. The Hall–Kier alpha value is -1.95. The summed E-state index contributed by atoms with van der Waals surface area (Å²) in [5, 5.41) is 7.61. The maximum Gasteiger partial charge on any atom is 0.161 e. The van der Waals surface area contributed by atoms with Crippen LogP contribution in [-0.2, 0) is 7.05 Å². The van der Waals surface area contributed by atoms with E-state index in [1.165, 1.54) is 12.3 Å². The zero-order valence-electron chi connectivity index (χ0n) is 11.9. The van der Waals surface area contributed by atoms with E-state index in [1.54, 1.807) is 24.1 Å². The van der Waals surface area contributed by atoms with Crippen molar-refractivity contribution in [1.82, 2.24) is 20.1 Å². The molecular formula is C14H19FN4O. The van der Waals surface area contributed by atoms with E-state index in [2.05, 4.69) is 22.3 Å². The van der Waals surface area contributed by atoms with Crippen molar-refractivity contribution in [3.63, 3.8) is 0 Å². The molecule has 0 saturated heterocycles. The van der Waals surface area contributed by atoms with E-state index in [9.17, 15) is 4.39 Å². The van der Waals surface area contributed by atoms with E-state index in [0.717, 1.165) is 24.4 Å².